The maximum atomic E-state index is 11.8. The van der Waals surface area contributed by atoms with Gasteiger partial charge in [-0.15, -0.1) is 0 Å². The molecule has 108 valence electrons. The van der Waals surface area contributed by atoms with Crippen LogP contribution in [-0.2, 0) is 6.42 Å². The number of rotatable bonds is 3. The van der Waals surface area contributed by atoms with Gasteiger partial charge in [-0.3, -0.25) is 9.63 Å². The molecule has 1 saturated carbocycles. The second-order valence-electron chi connectivity index (χ2n) is 5.70. The van der Waals surface area contributed by atoms with E-state index in [1.807, 2.05) is 6.07 Å². The van der Waals surface area contributed by atoms with Gasteiger partial charge in [-0.25, -0.2) is 4.98 Å². The first kappa shape index (κ1) is 13.6. The third kappa shape index (κ3) is 2.47. The van der Waals surface area contributed by atoms with Gasteiger partial charge in [0.25, 0.3) is 0 Å². The quantitative estimate of drug-likeness (QED) is 0.742. The smallest absolute Gasteiger partial charge is 0.167 e. The number of aromatic nitrogens is 1. The monoisotopic (exact) mass is 295 g/mol. The molecule has 0 unspecified atom stereocenters. The largest absolute Gasteiger partial charge is 0.361 e. The van der Waals surface area contributed by atoms with E-state index >= 15 is 0 Å². The second kappa shape index (κ2) is 5.58. The molecule has 6 heteroatoms. The van der Waals surface area contributed by atoms with Crippen LogP contribution in [0.15, 0.2) is 6.07 Å². The number of aryl methyl sites for hydroxylation is 1. The average molecular weight is 296 g/mol. The number of nitrogens with zero attached hydrogens (tertiary/aromatic N) is 1. The Kier molecular flexibility index (Phi) is 3.81. The fourth-order valence-corrected chi connectivity index (χ4v) is 3.35. The van der Waals surface area contributed by atoms with Crippen molar-refractivity contribution in [2.45, 2.75) is 50.6 Å². The minimum absolute atomic E-state index is 0.120. The maximum Gasteiger partial charge on any atom is 0.167 e. The van der Waals surface area contributed by atoms with Crippen LogP contribution in [0.25, 0.3) is 0 Å². The van der Waals surface area contributed by atoms with Crippen molar-refractivity contribution in [2.24, 2.45) is 0 Å². The highest BCUT2D eigenvalue weighted by molar-refractivity contribution is 6.25. The summed E-state index contributed by atoms with van der Waals surface area (Å²) in [6, 6.07) is 2.75. The summed E-state index contributed by atoms with van der Waals surface area (Å²) in [7, 11) is 0. The Morgan fingerprint density at radius 1 is 1.30 bits per heavy atom. The lowest BCUT2D eigenvalue weighted by Crippen LogP contribution is -2.68. The zero-order valence-electron chi connectivity index (χ0n) is 11.4. The molecule has 3 rings (SSSR count). The van der Waals surface area contributed by atoms with E-state index in [0.29, 0.717) is 29.9 Å². The molecule has 2 atom stereocenters. The fraction of sp³-hybridized carbons (Fsp3) is 0.571. The number of nitrogens with one attached hydrogen (secondary N) is 2. The number of halogens is 1. The van der Waals surface area contributed by atoms with Gasteiger partial charge in [0.05, 0.1) is 11.6 Å². The first-order chi connectivity index (χ1) is 9.69. The number of carbonyl (C=O) groups excluding carboxylic acids is 1. The number of ketones is 1. The number of hydrogen-bond donors (Lipinski definition) is 3. The summed E-state index contributed by atoms with van der Waals surface area (Å²) >= 11 is 5.71. The van der Waals surface area contributed by atoms with Gasteiger partial charge in [0.15, 0.2) is 11.6 Å². The predicted molar refractivity (Wildman–Crippen MR) is 78.9 cm³/mol. The van der Waals surface area contributed by atoms with Crippen molar-refractivity contribution in [3.63, 3.8) is 0 Å². The number of carbonyl (C=O) groups is 1. The normalized spacial score (nSPS) is 25.4. The topological polar surface area (TPSA) is 81.7 Å². The standard InChI is InChI=1S/C14H19ClN4O/c15-19-14-13-8(5-6-11(13)20)7-12(18-14)17-10-4-2-1-3-9(10)16/h7,9-10H,1-6,16H2,(H2,17,18,19)/p+1/t9-,10+/m0/s1. The average Bonchev–Trinajstić information content (AvgIpc) is 2.82. The molecular formula is C14H20ClN4O+. The highest BCUT2D eigenvalue weighted by Gasteiger charge is 2.28. The van der Waals surface area contributed by atoms with E-state index in [1.54, 1.807) is 0 Å². The van der Waals surface area contributed by atoms with Crippen LogP contribution in [-0.4, -0.2) is 22.9 Å². The molecule has 2 aliphatic carbocycles. The lowest BCUT2D eigenvalue weighted by atomic mass is 9.91. The van der Waals surface area contributed by atoms with Gasteiger partial charge in [-0.2, -0.15) is 0 Å². The molecule has 5 nitrogen and oxygen atoms in total. The van der Waals surface area contributed by atoms with Crippen LogP contribution in [0.4, 0.5) is 11.6 Å². The van der Waals surface area contributed by atoms with Crippen molar-refractivity contribution >= 4 is 29.2 Å². The number of hydrogen-bond acceptors (Lipinski definition) is 4. The number of Topliss-reactive ketones (excluding diaryl/α,β-unsaturated/α-hetero) is 1. The number of pyridine rings is 1. The molecule has 0 radical (unpaired) electrons. The molecule has 1 aromatic heterocycles. The second-order valence-corrected chi connectivity index (χ2v) is 5.89. The van der Waals surface area contributed by atoms with Crippen LogP contribution in [0.1, 0.15) is 48.0 Å². The van der Waals surface area contributed by atoms with Crippen molar-refractivity contribution in [1.82, 2.24) is 4.98 Å². The summed E-state index contributed by atoms with van der Waals surface area (Å²) in [4.78, 5) is 18.8. The van der Waals surface area contributed by atoms with Crippen LogP contribution in [0.2, 0.25) is 0 Å². The Balaban J connectivity index is 1.85. The number of fused-ring (bicyclic) bond motifs is 1. The number of anilines is 2. The molecule has 0 amide bonds. The first-order valence-electron chi connectivity index (χ1n) is 7.22. The highest BCUT2D eigenvalue weighted by atomic mass is 35.5. The minimum atomic E-state index is 0.120. The third-order valence-electron chi connectivity index (χ3n) is 4.33. The zero-order chi connectivity index (χ0) is 14.1. The van der Waals surface area contributed by atoms with Crippen molar-refractivity contribution < 1.29 is 10.5 Å². The van der Waals surface area contributed by atoms with Crippen molar-refractivity contribution in [3.05, 3.63) is 17.2 Å². The maximum absolute atomic E-state index is 11.8. The van der Waals surface area contributed by atoms with Crippen molar-refractivity contribution in [3.8, 4) is 0 Å². The van der Waals surface area contributed by atoms with Crippen LogP contribution in [0.5, 0.6) is 0 Å². The molecule has 1 aromatic rings. The van der Waals surface area contributed by atoms with E-state index in [-0.39, 0.29) is 5.78 Å². The van der Waals surface area contributed by atoms with Gasteiger partial charge in [-0.1, -0.05) is 6.42 Å². The van der Waals surface area contributed by atoms with Gasteiger partial charge in [-0.05, 0) is 30.9 Å². The van der Waals surface area contributed by atoms with Crippen LogP contribution < -0.4 is 15.9 Å². The molecule has 5 N–H and O–H groups in total. The fourth-order valence-electron chi connectivity index (χ4n) is 3.21. The van der Waals surface area contributed by atoms with Crippen molar-refractivity contribution in [1.29, 1.82) is 0 Å². The van der Waals surface area contributed by atoms with E-state index in [0.717, 1.165) is 30.6 Å². The summed E-state index contributed by atoms with van der Waals surface area (Å²) < 4.78 is 0. The summed E-state index contributed by atoms with van der Waals surface area (Å²) in [6.07, 6.45) is 6.08. The highest BCUT2D eigenvalue weighted by Crippen LogP contribution is 2.31. The minimum Gasteiger partial charge on any atom is -0.361 e. The Morgan fingerprint density at radius 3 is 2.85 bits per heavy atom. The SMILES string of the molecule is [NH3+][C@H]1CCCC[C@H]1Nc1cc2c(c(NCl)n1)C(=O)CC2. The zero-order valence-corrected chi connectivity index (χ0v) is 12.2. The van der Waals surface area contributed by atoms with Gasteiger partial charge >= 0.3 is 0 Å². The molecular weight excluding hydrogens is 276 g/mol. The van der Waals surface area contributed by atoms with Gasteiger partial charge < -0.3 is 11.1 Å². The van der Waals surface area contributed by atoms with Crippen molar-refractivity contribution in [2.75, 3.05) is 10.2 Å². The molecule has 1 fully saturated rings. The van der Waals surface area contributed by atoms with Gasteiger partial charge in [0.2, 0.25) is 0 Å². The van der Waals surface area contributed by atoms with Gasteiger partial charge in [0, 0.05) is 24.6 Å². The van der Waals surface area contributed by atoms with Crippen LogP contribution >= 0.6 is 11.8 Å². The van der Waals surface area contributed by atoms with E-state index in [4.69, 9.17) is 11.8 Å². The first-order valence-corrected chi connectivity index (χ1v) is 7.60. The number of quaternary nitrogens is 1. The summed E-state index contributed by atoms with van der Waals surface area (Å²) in [5.74, 6) is 1.39. The Morgan fingerprint density at radius 2 is 2.10 bits per heavy atom. The van der Waals surface area contributed by atoms with Crippen LogP contribution in [0.3, 0.4) is 0 Å². The molecule has 1 heterocycles. The van der Waals surface area contributed by atoms with E-state index in [1.165, 1.54) is 12.8 Å². The Bertz CT molecular complexity index is 534. The molecule has 0 saturated heterocycles. The third-order valence-corrected chi connectivity index (χ3v) is 4.51. The molecule has 2 aliphatic rings. The molecule has 0 spiro atoms. The Labute approximate surface area is 123 Å². The van der Waals surface area contributed by atoms with E-state index in [9.17, 15) is 4.79 Å². The lowest BCUT2D eigenvalue weighted by Gasteiger charge is -2.27. The summed E-state index contributed by atoms with van der Waals surface area (Å²) in [5, 5.41) is 3.47. The molecule has 0 bridgehead atoms. The predicted octanol–water partition coefficient (Wildman–Crippen LogP) is 1.74. The van der Waals surface area contributed by atoms with Crippen LogP contribution in [0, 0.1) is 0 Å². The summed E-state index contributed by atoms with van der Waals surface area (Å²) in [6.45, 7) is 0. The summed E-state index contributed by atoms with van der Waals surface area (Å²) in [5.41, 5.74) is 5.90. The van der Waals surface area contributed by atoms with E-state index < -0.39 is 0 Å². The van der Waals surface area contributed by atoms with E-state index in [2.05, 4.69) is 20.9 Å². The Hall–Kier alpha value is -1.33. The molecule has 20 heavy (non-hydrogen) atoms. The lowest BCUT2D eigenvalue weighted by molar-refractivity contribution is -0.427. The molecule has 0 aromatic carbocycles. The molecule has 0 aliphatic heterocycles. The van der Waals surface area contributed by atoms with Gasteiger partial charge in [0.1, 0.15) is 11.9 Å².